The third-order valence-corrected chi connectivity index (χ3v) is 1.83. The van der Waals surface area contributed by atoms with Crippen molar-refractivity contribution in [1.82, 2.24) is 10.1 Å². The van der Waals surface area contributed by atoms with Crippen LogP contribution in [0, 0.1) is 5.82 Å². The van der Waals surface area contributed by atoms with E-state index >= 15 is 0 Å². The van der Waals surface area contributed by atoms with Gasteiger partial charge >= 0.3 is 0 Å². The number of aromatic nitrogens is 2. The number of rotatable bonds is 3. The van der Waals surface area contributed by atoms with E-state index in [-0.39, 0.29) is 24.1 Å². The van der Waals surface area contributed by atoms with Crippen molar-refractivity contribution in [1.29, 1.82) is 0 Å². The molecular weight excluding hydrogens is 213 g/mol. The summed E-state index contributed by atoms with van der Waals surface area (Å²) in [5, 5.41) is 6.91. The molecule has 0 radical (unpaired) electrons. The van der Waals surface area contributed by atoms with Gasteiger partial charge < -0.3 is 4.52 Å². The highest BCUT2D eigenvalue weighted by Crippen LogP contribution is 2.17. The van der Waals surface area contributed by atoms with Crippen molar-refractivity contribution in [2.45, 2.75) is 6.54 Å². The van der Waals surface area contributed by atoms with Crippen LogP contribution < -0.4 is 0 Å². The van der Waals surface area contributed by atoms with Crippen LogP contribution in [0.25, 0.3) is 21.9 Å². The van der Waals surface area contributed by atoms with Crippen LogP contribution in [0.4, 0.5) is 4.39 Å². The summed E-state index contributed by atoms with van der Waals surface area (Å²) in [6.45, 7) is 0.0290. The number of hydrogen-bond acceptors (Lipinski definition) is 4. The monoisotopic (exact) mass is 219 g/mol. The predicted molar refractivity (Wildman–Crippen MR) is 52.5 cm³/mol. The SMILES string of the molecule is [N-]=[N+]=NCc1noc(-c2ccc(F)cc2)n1. The van der Waals surface area contributed by atoms with Gasteiger partial charge in [-0.1, -0.05) is 10.3 Å². The number of hydrogen-bond donors (Lipinski definition) is 0. The molecule has 1 heterocycles. The van der Waals surface area contributed by atoms with Gasteiger partial charge in [0.25, 0.3) is 5.89 Å². The van der Waals surface area contributed by atoms with E-state index < -0.39 is 0 Å². The molecule has 1 aromatic heterocycles. The Labute approximate surface area is 89.3 Å². The molecule has 16 heavy (non-hydrogen) atoms. The van der Waals surface area contributed by atoms with Crippen molar-refractivity contribution in [3.8, 4) is 11.5 Å². The molecule has 0 N–H and O–H groups in total. The Morgan fingerprint density at radius 1 is 1.38 bits per heavy atom. The summed E-state index contributed by atoms with van der Waals surface area (Å²) in [5.41, 5.74) is 8.72. The molecule has 0 fully saturated rings. The normalized spacial score (nSPS) is 9.81. The lowest BCUT2D eigenvalue weighted by Crippen LogP contribution is -1.83. The number of halogens is 1. The largest absolute Gasteiger partial charge is 0.334 e. The summed E-state index contributed by atoms with van der Waals surface area (Å²) in [4.78, 5) is 6.56. The average molecular weight is 219 g/mol. The third-order valence-electron chi connectivity index (χ3n) is 1.83. The molecule has 6 nitrogen and oxygen atoms in total. The first-order valence-electron chi connectivity index (χ1n) is 4.39. The van der Waals surface area contributed by atoms with Gasteiger partial charge in [0.15, 0.2) is 5.82 Å². The van der Waals surface area contributed by atoms with Crippen LogP contribution in [0.15, 0.2) is 33.9 Å². The van der Waals surface area contributed by atoms with Crippen LogP contribution in [0.3, 0.4) is 0 Å². The van der Waals surface area contributed by atoms with Gasteiger partial charge in [0, 0.05) is 10.5 Å². The van der Waals surface area contributed by atoms with Crippen LogP contribution in [0.1, 0.15) is 5.82 Å². The minimum atomic E-state index is -0.336. The maximum atomic E-state index is 12.7. The third kappa shape index (κ3) is 2.15. The van der Waals surface area contributed by atoms with Crippen LogP contribution in [-0.4, -0.2) is 10.1 Å². The average Bonchev–Trinajstić information content (AvgIpc) is 2.76. The molecule has 0 saturated carbocycles. The number of nitrogens with zero attached hydrogens (tertiary/aromatic N) is 5. The molecule has 0 aliphatic rings. The van der Waals surface area contributed by atoms with Crippen molar-refractivity contribution < 1.29 is 8.91 Å². The van der Waals surface area contributed by atoms with Crippen LogP contribution in [-0.2, 0) is 6.54 Å². The first-order valence-corrected chi connectivity index (χ1v) is 4.39. The van der Waals surface area contributed by atoms with Gasteiger partial charge in [-0.2, -0.15) is 4.98 Å². The fraction of sp³-hybridized carbons (Fsp3) is 0.111. The molecule has 0 unspecified atom stereocenters. The Kier molecular flexibility index (Phi) is 2.79. The maximum Gasteiger partial charge on any atom is 0.257 e. The smallest absolute Gasteiger partial charge is 0.257 e. The van der Waals surface area contributed by atoms with E-state index in [9.17, 15) is 4.39 Å². The van der Waals surface area contributed by atoms with Gasteiger partial charge in [0.05, 0.1) is 6.54 Å². The lowest BCUT2D eigenvalue weighted by molar-refractivity contribution is 0.422. The highest BCUT2D eigenvalue weighted by Gasteiger charge is 2.07. The van der Waals surface area contributed by atoms with Crippen molar-refractivity contribution >= 4 is 0 Å². The molecule has 1 aromatic carbocycles. The second-order valence-electron chi connectivity index (χ2n) is 2.91. The molecule has 0 aliphatic carbocycles. The molecular formula is C9H6FN5O. The fourth-order valence-electron chi connectivity index (χ4n) is 1.12. The van der Waals surface area contributed by atoms with Crippen LogP contribution in [0.2, 0.25) is 0 Å². The Morgan fingerprint density at radius 2 is 2.12 bits per heavy atom. The zero-order chi connectivity index (χ0) is 11.4. The summed E-state index contributed by atoms with van der Waals surface area (Å²) in [5.74, 6) is 0.220. The highest BCUT2D eigenvalue weighted by molar-refractivity contribution is 5.52. The van der Waals surface area contributed by atoms with Gasteiger partial charge in [-0.05, 0) is 29.8 Å². The lowest BCUT2D eigenvalue weighted by atomic mass is 10.2. The standard InChI is InChI=1S/C9H6FN5O/c10-7-3-1-6(2-4-7)9-13-8(14-16-9)5-12-15-11/h1-4H,5H2. The Hall–Kier alpha value is -2.40. The van der Waals surface area contributed by atoms with E-state index in [4.69, 9.17) is 10.1 Å². The summed E-state index contributed by atoms with van der Waals surface area (Å²) in [6.07, 6.45) is 0. The summed E-state index contributed by atoms with van der Waals surface area (Å²) < 4.78 is 17.6. The van der Waals surface area contributed by atoms with Gasteiger partial charge in [-0.25, -0.2) is 4.39 Å². The molecule has 80 valence electrons. The molecule has 2 aromatic rings. The van der Waals surface area contributed by atoms with Crippen LogP contribution in [0.5, 0.6) is 0 Å². The summed E-state index contributed by atoms with van der Waals surface area (Å²) in [7, 11) is 0. The Bertz CT molecular complexity index is 529. The van der Waals surface area contributed by atoms with Gasteiger partial charge in [-0.3, -0.25) is 0 Å². The summed E-state index contributed by atoms with van der Waals surface area (Å²) >= 11 is 0. The summed E-state index contributed by atoms with van der Waals surface area (Å²) in [6, 6.07) is 5.65. The van der Waals surface area contributed by atoms with Gasteiger partial charge in [0.2, 0.25) is 0 Å². The van der Waals surface area contributed by atoms with E-state index in [2.05, 4.69) is 20.2 Å². The topological polar surface area (TPSA) is 87.7 Å². The minimum absolute atomic E-state index is 0.0290. The molecule has 0 aliphatic heterocycles. The number of benzene rings is 1. The van der Waals surface area contributed by atoms with E-state index in [1.807, 2.05) is 0 Å². The van der Waals surface area contributed by atoms with Crippen molar-refractivity contribution in [3.05, 3.63) is 46.3 Å². The number of azide groups is 1. The second kappa shape index (κ2) is 4.41. The zero-order valence-electron chi connectivity index (χ0n) is 8.04. The van der Waals surface area contributed by atoms with Gasteiger partial charge in [-0.15, -0.1) is 0 Å². The van der Waals surface area contributed by atoms with Crippen molar-refractivity contribution in [3.63, 3.8) is 0 Å². The molecule has 0 amide bonds. The quantitative estimate of drug-likeness (QED) is 0.451. The second-order valence-corrected chi connectivity index (χ2v) is 2.91. The van der Waals surface area contributed by atoms with Crippen molar-refractivity contribution in [2.24, 2.45) is 5.11 Å². The van der Waals surface area contributed by atoms with Crippen LogP contribution >= 0.6 is 0 Å². The molecule has 7 heteroatoms. The highest BCUT2D eigenvalue weighted by atomic mass is 19.1. The first kappa shape index (κ1) is 10.1. The lowest BCUT2D eigenvalue weighted by Gasteiger charge is -1.92. The fourth-order valence-corrected chi connectivity index (χ4v) is 1.12. The van der Waals surface area contributed by atoms with E-state index in [1.54, 1.807) is 0 Å². The zero-order valence-corrected chi connectivity index (χ0v) is 8.04. The Morgan fingerprint density at radius 3 is 2.81 bits per heavy atom. The molecule has 2 rings (SSSR count). The molecule has 0 spiro atoms. The van der Waals surface area contributed by atoms with E-state index in [0.29, 0.717) is 5.56 Å². The van der Waals surface area contributed by atoms with Gasteiger partial charge in [0.1, 0.15) is 5.82 Å². The first-order chi connectivity index (χ1) is 7.79. The van der Waals surface area contributed by atoms with E-state index in [0.717, 1.165) is 0 Å². The molecule has 0 saturated heterocycles. The van der Waals surface area contributed by atoms with E-state index in [1.165, 1.54) is 24.3 Å². The minimum Gasteiger partial charge on any atom is -0.334 e. The molecule has 0 atom stereocenters. The predicted octanol–water partition coefficient (Wildman–Crippen LogP) is 2.69. The van der Waals surface area contributed by atoms with Crippen molar-refractivity contribution in [2.75, 3.05) is 0 Å². The molecule has 0 bridgehead atoms. The maximum absolute atomic E-state index is 12.7. The Balaban J connectivity index is 2.24.